The van der Waals surface area contributed by atoms with Gasteiger partial charge in [0.1, 0.15) is 5.82 Å². The van der Waals surface area contributed by atoms with E-state index in [0.29, 0.717) is 5.92 Å². The molecular formula is C17H30N2. The number of unbranched alkanes of at least 4 members (excludes halogenated alkanes) is 2. The van der Waals surface area contributed by atoms with Crippen LogP contribution in [0.2, 0.25) is 0 Å². The molecule has 0 aliphatic heterocycles. The molecule has 2 nitrogen and oxygen atoms in total. The summed E-state index contributed by atoms with van der Waals surface area (Å²) in [4.78, 5) is 9.47. The molecule has 1 aromatic rings. The molecule has 0 aliphatic rings. The Balaban J connectivity index is 3.14. The van der Waals surface area contributed by atoms with Crippen molar-refractivity contribution in [1.82, 2.24) is 9.97 Å². The van der Waals surface area contributed by atoms with Gasteiger partial charge in [-0.3, -0.25) is 0 Å². The van der Waals surface area contributed by atoms with Gasteiger partial charge in [-0.1, -0.05) is 40.5 Å². The van der Waals surface area contributed by atoms with E-state index in [1.54, 1.807) is 0 Å². The molecule has 1 rings (SSSR count). The molecule has 0 bridgehead atoms. The third kappa shape index (κ3) is 4.59. The van der Waals surface area contributed by atoms with E-state index in [1.807, 2.05) is 6.92 Å². The molecular weight excluding hydrogens is 232 g/mol. The Bertz CT molecular complexity index is 356. The summed E-state index contributed by atoms with van der Waals surface area (Å²) in [7, 11) is 0. The first kappa shape index (κ1) is 16.1. The van der Waals surface area contributed by atoms with Crippen molar-refractivity contribution in [3.8, 4) is 0 Å². The van der Waals surface area contributed by atoms with Crippen LogP contribution in [-0.4, -0.2) is 9.97 Å². The molecule has 0 aromatic carbocycles. The van der Waals surface area contributed by atoms with Crippen LogP contribution >= 0.6 is 0 Å². The summed E-state index contributed by atoms with van der Waals surface area (Å²) in [5, 5.41) is 0. The molecule has 2 heteroatoms. The van der Waals surface area contributed by atoms with Crippen LogP contribution in [0.15, 0.2) is 0 Å². The summed E-state index contributed by atoms with van der Waals surface area (Å²) >= 11 is 0. The van der Waals surface area contributed by atoms with E-state index in [-0.39, 0.29) is 0 Å². The van der Waals surface area contributed by atoms with Gasteiger partial charge in [0.15, 0.2) is 0 Å². The molecule has 19 heavy (non-hydrogen) atoms. The third-order valence-corrected chi connectivity index (χ3v) is 3.85. The van der Waals surface area contributed by atoms with Crippen LogP contribution in [0.25, 0.3) is 0 Å². The van der Waals surface area contributed by atoms with Gasteiger partial charge < -0.3 is 0 Å². The highest BCUT2D eigenvalue weighted by atomic mass is 14.9. The van der Waals surface area contributed by atoms with Gasteiger partial charge >= 0.3 is 0 Å². The minimum absolute atomic E-state index is 0.583. The van der Waals surface area contributed by atoms with Crippen LogP contribution in [0.5, 0.6) is 0 Å². The Morgan fingerprint density at radius 3 is 1.74 bits per heavy atom. The van der Waals surface area contributed by atoms with Gasteiger partial charge in [0, 0.05) is 11.4 Å². The highest BCUT2D eigenvalue weighted by Gasteiger charge is 2.17. The van der Waals surface area contributed by atoms with Gasteiger partial charge in [-0.05, 0) is 50.5 Å². The quantitative estimate of drug-likeness (QED) is 0.660. The lowest BCUT2D eigenvalue weighted by atomic mass is 9.91. The summed E-state index contributed by atoms with van der Waals surface area (Å²) in [5.41, 5.74) is 4.08. The van der Waals surface area contributed by atoms with Crippen LogP contribution in [0.4, 0.5) is 0 Å². The number of hydrogen-bond acceptors (Lipinski definition) is 2. The number of aryl methyl sites for hydroxylation is 3. The first-order valence-corrected chi connectivity index (χ1v) is 8.00. The highest BCUT2D eigenvalue weighted by Crippen LogP contribution is 2.27. The third-order valence-electron chi connectivity index (χ3n) is 3.85. The predicted octanol–water partition coefficient (Wildman–Crippen LogP) is 4.98. The number of nitrogens with zero attached hydrogens (tertiary/aromatic N) is 2. The van der Waals surface area contributed by atoms with Crippen molar-refractivity contribution >= 4 is 0 Å². The number of rotatable bonds is 8. The maximum Gasteiger partial charge on any atom is 0.125 e. The van der Waals surface area contributed by atoms with Crippen LogP contribution in [0, 0.1) is 6.92 Å². The predicted molar refractivity (Wildman–Crippen MR) is 82.7 cm³/mol. The second-order valence-corrected chi connectivity index (χ2v) is 5.59. The number of aromatic nitrogens is 2. The highest BCUT2D eigenvalue weighted by molar-refractivity contribution is 5.30. The van der Waals surface area contributed by atoms with Crippen molar-refractivity contribution in [2.45, 2.75) is 85.5 Å². The van der Waals surface area contributed by atoms with Crippen LogP contribution < -0.4 is 0 Å². The van der Waals surface area contributed by atoms with Gasteiger partial charge in [0.2, 0.25) is 0 Å². The number of hydrogen-bond donors (Lipinski definition) is 0. The average Bonchev–Trinajstić information content (AvgIpc) is 2.41. The lowest BCUT2D eigenvalue weighted by Crippen LogP contribution is -2.11. The molecule has 0 saturated heterocycles. The van der Waals surface area contributed by atoms with E-state index in [1.165, 1.54) is 49.1 Å². The van der Waals surface area contributed by atoms with Gasteiger partial charge in [0.05, 0.1) is 0 Å². The lowest BCUT2D eigenvalue weighted by molar-refractivity contribution is 0.656. The second kappa shape index (κ2) is 8.29. The Morgan fingerprint density at radius 2 is 1.37 bits per heavy atom. The van der Waals surface area contributed by atoms with E-state index < -0.39 is 0 Å². The Morgan fingerprint density at radius 1 is 0.895 bits per heavy atom. The fraction of sp³-hybridized carbons (Fsp3) is 0.765. The standard InChI is InChI=1S/C17H30N2/c1-6-9-11-15-17(13(4)8-3)16(12-10-7-2)19-14(5)18-15/h13H,6-12H2,1-5H3. The first-order valence-electron chi connectivity index (χ1n) is 8.00. The van der Waals surface area contributed by atoms with Crippen molar-refractivity contribution in [3.63, 3.8) is 0 Å². The summed E-state index contributed by atoms with van der Waals surface area (Å²) < 4.78 is 0. The van der Waals surface area contributed by atoms with Crippen molar-refractivity contribution in [3.05, 3.63) is 22.8 Å². The molecule has 0 amide bonds. The van der Waals surface area contributed by atoms with Gasteiger partial charge in [0.25, 0.3) is 0 Å². The molecule has 1 heterocycles. The van der Waals surface area contributed by atoms with Crippen LogP contribution in [-0.2, 0) is 12.8 Å². The maximum absolute atomic E-state index is 4.74. The molecule has 0 radical (unpaired) electrons. The SMILES string of the molecule is CCCCc1nc(C)nc(CCCC)c1C(C)CC. The minimum Gasteiger partial charge on any atom is -0.238 e. The van der Waals surface area contributed by atoms with E-state index >= 15 is 0 Å². The lowest BCUT2D eigenvalue weighted by Gasteiger charge is -2.19. The van der Waals surface area contributed by atoms with E-state index in [2.05, 4.69) is 27.7 Å². The maximum atomic E-state index is 4.74. The normalized spacial score (nSPS) is 12.7. The van der Waals surface area contributed by atoms with Gasteiger partial charge in [-0.25, -0.2) is 9.97 Å². The van der Waals surface area contributed by atoms with Crippen LogP contribution in [0.3, 0.4) is 0 Å². The summed E-state index contributed by atoms with van der Waals surface area (Å²) in [6.07, 6.45) is 8.31. The molecule has 0 saturated carbocycles. The van der Waals surface area contributed by atoms with Gasteiger partial charge in [-0.2, -0.15) is 0 Å². The first-order chi connectivity index (χ1) is 9.13. The Hall–Kier alpha value is -0.920. The van der Waals surface area contributed by atoms with Gasteiger partial charge in [-0.15, -0.1) is 0 Å². The zero-order valence-corrected chi connectivity index (χ0v) is 13.4. The summed E-state index contributed by atoms with van der Waals surface area (Å²) in [6.45, 7) is 11.1. The topological polar surface area (TPSA) is 25.8 Å². The summed E-state index contributed by atoms with van der Waals surface area (Å²) in [6, 6.07) is 0. The molecule has 0 fully saturated rings. The fourth-order valence-corrected chi connectivity index (χ4v) is 2.55. The average molecular weight is 262 g/mol. The van der Waals surface area contributed by atoms with E-state index in [4.69, 9.17) is 9.97 Å². The molecule has 0 aliphatic carbocycles. The van der Waals surface area contributed by atoms with Crippen molar-refractivity contribution < 1.29 is 0 Å². The van der Waals surface area contributed by atoms with Crippen molar-refractivity contribution in [1.29, 1.82) is 0 Å². The monoisotopic (exact) mass is 262 g/mol. The summed E-state index contributed by atoms with van der Waals surface area (Å²) in [5.74, 6) is 1.53. The largest absolute Gasteiger partial charge is 0.238 e. The zero-order chi connectivity index (χ0) is 14.3. The second-order valence-electron chi connectivity index (χ2n) is 5.59. The molecule has 1 aromatic heterocycles. The van der Waals surface area contributed by atoms with Crippen molar-refractivity contribution in [2.24, 2.45) is 0 Å². The van der Waals surface area contributed by atoms with E-state index in [0.717, 1.165) is 18.7 Å². The van der Waals surface area contributed by atoms with Crippen LogP contribution in [0.1, 0.15) is 88.5 Å². The Kier molecular flexibility index (Phi) is 7.04. The van der Waals surface area contributed by atoms with Crippen molar-refractivity contribution in [2.75, 3.05) is 0 Å². The smallest absolute Gasteiger partial charge is 0.125 e. The minimum atomic E-state index is 0.583. The molecule has 1 atom stereocenters. The van der Waals surface area contributed by atoms with E-state index in [9.17, 15) is 0 Å². The Labute approximate surface area is 119 Å². The molecule has 0 N–H and O–H groups in total. The molecule has 0 spiro atoms. The molecule has 1 unspecified atom stereocenters. The fourth-order valence-electron chi connectivity index (χ4n) is 2.55. The zero-order valence-electron chi connectivity index (χ0n) is 13.4. The molecule has 108 valence electrons.